The quantitative estimate of drug-likeness (QED) is 0.942. The van der Waals surface area contributed by atoms with E-state index >= 15 is 0 Å². The average molecular weight is 292 g/mol. The highest BCUT2D eigenvalue weighted by molar-refractivity contribution is 5.35. The Kier molecular flexibility index (Phi) is 4.45. The van der Waals surface area contributed by atoms with Crippen LogP contribution in [-0.2, 0) is 13.2 Å². The fourth-order valence-corrected chi connectivity index (χ4v) is 1.77. The van der Waals surface area contributed by atoms with Crippen molar-refractivity contribution in [3.8, 4) is 11.8 Å². The number of hydrogen-bond donors (Lipinski definition) is 1. The highest BCUT2D eigenvalue weighted by atomic mass is 19.1. The second-order valence-electron chi connectivity index (χ2n) is 4.30. The Morgan fingerprint density at radius 3 is 2.29 bits per heavy atom. The molecule has 0 saturated heterocycles. The number of nitrogens with two attached hydrogens (primary N) is 1. The summed E-state index contributed by atoms with van der Waals surface area (Å²) in [4.78, 5) is 0. The monoisotopic (exact) mass is 292 g/mol. The van der Waals surface area contributed by atoms with Crippen molar-refractivity contribution in [2.75, 3.05) is 0 Å². The number of benzene rings is 2. The zero-order valence-electron chi connectivity index (χ0n) is 10.9. The van der Waals surface area contributed by atoms with Gasteiger partial charge in [0.1, 0.15) is 12.4 Å². The molecule has 0 radical (unpaired) electrons. The average Bonchev–Trinajstić information content (AvgIpc) is 2.47. The molecule has 0 saturated carbocycles. The van der Waals surface area contributed by atoms with Crippen LogP contribution in [0.25, 0.3) is 0 Å². The van der Waals surface area contributed by atoms with E-state index in [9.17, 15) is 13.2 Å². The van der Waals surface area contributed by atoms with E-state index in [4.69, 9.17) is 15.7 Å². The Bertz CT molecular complexity index is 688. The van der Waals surface area contributed by atoms with Gasteiger partial charge in [-0.25, -0.2) is 13.2 Å². The maximum Gasteiger partial charge on any atom is 0.191 e. The Balaban J connectivity index is 2.23. The highest BCUT2D eigenvalue weighted by Crippen LogP contribution is 2.24. The summed E-state index contributed by atoms with van der Waals surface area (Å²) in [6.45, 7) is -0.399. The second kappa shape index (κ2) is 6.29. The Hall–Kier alpha value is -2.52. The fourth-order valence-electron chi connectivity index (χ4n) is 1.77. The largest absolute Gasteiger partial charge is 0.483 e. The van der Waals surface area contributed by atoms with Crippen LogP contribution in [0.1, 0.15) is 16.7 Å². The van der Waals surface area contributed by atoms with Gasteiger partial charge >= 0.3 is 0 Å². The van der Waals surface area contributed by atoms with Gasteiger partial charge in [-0.1, -0.05) is 0 Å². The molecule has 2 aromatic carbocycles. The topological polar surface area (TPSA) is 59.0 Å². The maximum absolute atomic E-state index is 13.7. The summed E-state index contributed by atoms with van der Waals surface area (Å²) in [6.07, 6.45) is 0. The molecule has 0 unspecified atom stereocenters. The number of nitriles is 1. The third kappa shape index (κ3) is 3.33. The third-order valence-electron chi connectivity index (χ3n) is 2.84. The Labute approximate surface area is 119 Å². The molecule has 21 heavy (non-hydrogen) atoms. The van der Waals surface area contributed by atoms with Gasteiger partial charge in [0.15, 0.2) is 17.4 Å². The minimum absolute atomic E-state index is 0.00698. The molecule has 0 atom stereocenters. The van der Waals surface area contributed by atoms with E-state index in [2.05, 4.69) is 0 Å². The van der Waals surface area contributed by atoms with Crippen LogP contribution in [0.5, 0.6) is 5.75 Å². The zero-order chi connectivity index (χ0) is 15.4. The molecule has 2 N–H and O–H groups in total. The van der Waals surface area contributed by atoms with Crippen molar-refractivity contribution in [3.63, 3.8) is 0 Å². The van der Waals surface area contributed by atoms with Crippen LogP contribution in [0.15, 0.2) is 30.3 Å². The summed E-state index contributed by atoms with van der Waals surface area (Å²) in [5.41, 5.74) is 5.86. The van der Waals surface area contributed by atoms with Gasteiger partial charge in [0.25, 0.3) is 0 Å². The Morgan fingerprint density at radius 2 is 1.71 bits per heavy atom. The van der Waals surface area contributed by atoms with Crippen LogP contribution in [0.2, 0.25) is 0 Å². The van der Waals surface area contributed by atoms with E-state index in [1.54, 1.807) is 0 Å². The number of rotatable bonds is 4. The van der Waals surface area contributed by atoms with Gasteiger partial charge in [0.2, 0.25) is 0 Å². The van der Waals surface area contributed by atoms with Crippen LogP contribution in [-0.4, -0.2) is 0 Å². The molecule has 108 valence electrons. The lowest BCUT2D eigenvalue weighted by Crippen LogP contribution is -2.04. The van der Waals surface area contributed by atoms with E-state index in [1.165, 1.54) is 12.1 Å². The summed E-state index contributed by atoms with van der Waals surface area (Å²) in [6, 6.07) is 7.62. The van der Waals surface area contributed by atoms with Crippen LogP contribution in [0, 0.1) is 28.8 Å². The first-order valence-electron chi connectivity index (χ1n) is 6.04. The van der Waals surface area contributed by atoms with Crippen molar-refractivity contribution >= 4 is 0 Å². The first kappa shape index (κ1) is 14.9. The van der Waals surface area contributed by atoms with E-state index in [1.807, 2.05) is 6.07 Å². The second-order valence-corrected chi connectivity index (χ2v) is 4.30. The maximum atomic E-state index is 13.7. The SMILES string of the molecule is N#Cc1ccc(F)c(COc2c(F)cc(CN)cc2F)c1. The smallest absolute Gasteiger partial charge is 0.191 e. The standard InChI is InChI=1S/C15H11F3N2O/c16-12-2-1-9(6-19)3-11(12)8-21-15-13(17)4-10(7-20)5-14(15)18/h1-5H,7-8,20H2. The molecule has 0 fully saturated rings. The molecule has 6 heteroatoms. The lowest BCUT2D eigenvalue weighted by molar-refractivity contribution is 0.269. The first-order chi connectivity index (χ1) is 10.0. The molecule has 0 amide bonds. The van der Waals surface area contributed by atoms with Crippen molar-refractivity contribution in [1.29, 1.82) is 5.26 Å². The molecule has 0 aliphatic carbocycles. The molecule has 3 nitrogen and oxygen atoms in total. The van der Waals surface area contributed by atoms with Gasteiger partial charge in [0, 0.05) is 12.1 Å². The molecular formula is C15H11F3N2O. The van der Waals surface area contributed by atoms with Crippen molar-refractivity contribution in [2.24, 2.45) is 5.73 Å². The normalized spacial score (nSPS) is 10.2. The number of hydrogen-bond acceptors (Lipinski definition) is 3. The van der Waals surface area contributed by atoms with Gasteiger partial charge in [-0.3, -0.25) is 0 Å². The minimum atomic E-state index is -0.910. The third-order valence-corrected chi connectivity index (χ3v) is 2.84. The Morgan fingerprint density at radius 1 is 1.05 bits per heavy atom. The molecular weight excluding hydrogens is 281 g/mol. The van der Waals surface area contributed by atoms with Crippen molar-refractivity contribution in [1.82, 2.24) is 0 Å². The van der Waals surface area contributed by atoms with E-state index in [0.29, 0.717) is 0 Å². The summed E-state index contributed by atoms with van der Waals surface area (Å²) in [5, 5.41) is 8.74. The molecule has 2 rings (SSSR count). The summed E-state index contributed by atoms with van der Waals surface area (Å²) < 4.78 is 45.9. The van der Waals surface area contributed by atoms with Crippen LogP contribution >= 0.6 is 0 Å². The predicted octanol–water partition coefficient (Wildman–Crippen LogP) is 3.01. The minimum Gasteiger partial charge on any atom is -0.483 e. The molecule has 0 heterocycles. The summed E-state index contributed by atoms with van der Waals surface area (Å²) >= 11 is 0. The number of nitrogens with zero attached hydrogens (tertiary/aromatic N) is 1. The van der Waals surface area contributed by atoms with Crippen molar-refractivity contribution in [3.05, 3.63) is 64.5 Å². The lowest BCUT2D eigenvalue weighted by atomic mass is 10.1. The summed E-state index contributed by atoms with van der Waals surface area (Å²) in [5.74, 6) is -3.04. The zero-order valence-corrected chi connectivity index (χ0v) is 10.9. The first-order valence-corrected chi connectivity index (χ1v) is 6.04. The van der Waals surface area contributed by atoms with Crippen LogP contribution < -0.4 is 10.5 Å². The van der Waals surface area contributed by atoms with Crippen molar-refractivity contribution < 1.29 is 17.9 Å². The molecule has 0 aliphatic rings. The van der Waals surface area contributed by atoms with E-state index < -0.39 is 29.8 Å². The van der Waals surface area contributed by atoms with Crippen LogP contribution in [0.4, 0.5) is 13.2 Å². The van der Waals surface area contributed by atoms with E-state index in [0.717, 1.165) is 18.2 Å². The predicted molar refractivity (Wildman–Crippen MR) is 69.7 cm³/mol. The molecule has 0 aliphatic heterocycles. The molecule has 2 aromatic rings. The van der Waals surface area contributed by atoms with Gasteiger partial charge in [0.05, 0.1) is 11.6 Å². The lowest BCUT2D eigenvalue weighted by Gasteiger charge is -2.10. The highest BCUT2D eigenvalue weighted by Gasteiger charge is 2.13. The van der Waals surface area contributed by atoms with Gasteiger partial charge in [-0.15, -0.1) is 0 Å². The number of ether oxygens (including phenoxy) is 1. The molecule has 0 bridgehead atoms. The molecule has 0 spiro atoms. The van der Waals surface area contributed by atoms with Gasteiger partial charge < -0.3 is 10.5 Å². The number of halogens is 3. The van der Waals surface area contributed by atoms with Crippen molar-refractivity contribution in [2.45, 2.75) is 13.2 Å². The van der Waals surface area contributed by atoms with Gasteiger partial charge in [-0.05, 0) is 35.9 Å². The van der Waals surface area contributed by atoms with Gasteiger partial charge in [-0.2, -0.15) is 5.26 Å². The van der Waals surface area contributed by atoms with E-state index in [-0.39, 0.29) is 23.2 Å². The fraction of sp³-hybridized carbons (Fsp3) is 0.133. The molecule has 0 aromatic heterocycles. The van der Waals surface area contributed by atoms with Crippen LogP contribution in [0.3, 0.4) is 0 Å². The summed E-state index contributed by atoms with van der Waals surface area (Å²) in [7, 11) is 0.